The third-order valence-corrected chi connectivity index (χ3v) is 4.58. The molecular formula is C12H27NO3S. The van der Waals surface area contributed by atoms with Gasteiger partial charge in [0.25, 0.3) is 0 Å². The molecular weight excluding hydrogens is 238 g/mol. The molecule has 0 aliphatic heterocycles. The van der Waals surface area contributed by atoms with Gasteiger partial charge < -0.3 is 5.11 Å². The molecule has 1 atom stereocenters. The number of nitrogens with one attached hydrogen (secondary N) is 1. The van der Waals surface area contributed by atoms with Crippen LogP contribution in [0.25, 0.3) is 0 Å². The van der Waals surface area contributed by atoms with Gasteiger partial charge in [0.15, 0.2) is 0 Å². The lowest BCUT2D eigenvalue weighted by molar-refractivity contribution is 0.107. The Hall–Kier alpha value is -0.130. The van der Waals surface area contributed by atoms with Crippen molar-refractivity contribution in [3.05, 3.63) is 0 Å². The SMILES string of the molecule is CCC(CC)C(O)CNS(=O)(=O)CC(C)(C)C. The van der Waals surface area contributed by atoms with Crippen molar-refractivity contribution in [1.82, 2.24) is 4.72 Å². The monoisotopic (exact) mass is 265 g/mol. The van der Waals surface area contributed by atoms with Gasteiger partial charge in [-0.2, -0.15) is 0 Å². The molecule has 0 aromatic heterocycles. The summed E-state index contributed by atoms with van der Waals surface area (Å²) in [5.41, 5.74) is -0.272. The van der Waals surface area contributed by atoms with E-state index in [1.807, 2.05) is 34.6 Å². The Balaban J connectivity index is 4.28. The molecule has 1 unspecified atom stereocenters. The number of sulfonamides is 1. The number of aliphatic hydroxyl groups is 1. The van der Waals surface area contributed by atoms with Crippen LogP contribution in [0.2, 0.25) is 0 Å². The molecule has 0 rings (SSSR count). The zero-order valence-corrected chi connectivity index (χ0v) is 12.5. The van der Waals surface area contributed by atoms with Crippen LogP contribution >= 0.6 is 0 Å². The molecule has 5 heteroatoms. The van der Waals surface area contributed by atoms with Crippen LogP contribution in [0.15, 0.2) is 0 Å². The van der Waals surface area contributed by atoms with Crippen molar-refractivity contribution in [2.75, 3.05) is 12.3 Å². The predicted molar refractivity (Wildman–Crippen MR) is 71.3 cm³/mol. The summed E-state index contributed by atoms with van der Waals surface area (Å²) in [7, 11) is -3.29. The van der Waals surface area contributed by atoms with Gasteiger partial charge in [-0.05, 0) is 11.3 Å². The molecule has 0 aliphatic carbocycles. The fraction of sp³-hybridized carbons (Fsp3) is 1.00. The quantitative estimate of drug-likeness (QED) is 0.737. The molecule has 0 saturated carbocycles. The predicted octanol–water partition coefficient (Wildman–Crippen LogP) is 1.75. The summed E-state index contributed by atoms with van der Waals surface area (Å²) in [6, 6.07) is 0. The normalized spacial score (nSPS) is 15.2. The number of aliphatic hydroxyl groups excluding tert-OH is 1. The Morgan fingerprint density at radius 1 is 1.18 bits per heavy atom. The van der Waals surface area contributed by atoms with Gasteiger partial charge in [-0.3, -0.25) is 0 Å². The van der Waals surface area contributed by atoms with Gasteiger partial charge in [-0.25, -0.2) is 13.1 Å². The van der Waals surface area contributed by atoms with Crippen LogP contribution in [0.1, 0.15) is 47.5 Å². The van der Waals surface area contributed by atoms with Crippen molar-refractivity contribution < 1.29 is 13.5 Å². The fourth-order valence-corrected chi connectivity index (χ4v) is 3.50. The minimum absolute atomic E-state index is 0.0790. The van der Waals surface area contributed by atoms with Crippen molar-refractivity contribution >= 4 is 10.0 Å². The second-order valence-electron chi connectivity index (χ2n) is 5.81. The average Bonchev–Trinajstić information content (AvgIpc) is 2.13. The molecule has 0 bridgehead atoms. The van der Waals surface area contributed by atoms with Crippen LogP contribution in [0.4, 0.5) is 0 Å². The smallest absolute Gasteiger partial charge is 0.212 e. The first kappa shape index (κ1) is 16.9. The van der Waals surface area contributed by atoms with Gasteiger partial charge in [0, 0.05) is 6.54 Å². The van der Waals surface area contributed by atoms with E-state index in [9.17, 15) is 13.5 Å². The van der Waals surface area contributed by atoms with E-state index in [4.69, 9.17) is 0 Å². The lowest BCUT2D eigenvalue weighted by Crippen LogP contribution is -2.39. The van der Waals surface area contributed by atoms with Crippen molar-refractivity contribution in [3.8, 4) is 0 Å². The Morgan fingerprint density at radius 3 is 2.00 bits per heavy atom. The summed E-state index contributed by atoms with van der Waals surface area (Å²) in [6.07, 6.45) is 1.12. The van der Waals surface area contributed by atoms with Crippen LogP contribution in [0.5, 0.6) is 0 Å². The van der Waals surface area contributed by atoms with Gasteiger partial charge >= 0.3 is 0 Å². The van der Waals surface area contributed by atoms with E-state index in [-0.39, 0.29) is 23.6 Å². The van der Waals surface area contributed by atoms with E-state index in [2.05, 4.69) is 4.72 Å². The van der Waals surface area contributed by atoms with Gasteiger partial charge in [-0.1, -0.05) is 47.5 Å². The molecule has 0 aromatic carbocycles. The molecule has 0 amide bonds. The second kappa shape index (κ2) is 6.71. The minimum Gasteiger partial charge on any atom is -0.391 e. The second-order valence-corrected chi connectivity index (χ2v) is 7.62. The topological polar surface area (TPSA) is 66.4 Å². The summed E-state index contributed by atoms with van der Waals surface area (Å²) in [6.45, 7) is 9.75. The maximum absolute atomic E-state index is 11.7. The van der Waals surface area contributed by atoms with Crippen LogP contribution in [-0.4, -0.2) is 31.9 Å². The first-order valence-electron chi connectivity index (χ1n) is 6.26. The zero-order valence-electron chi connectivity index (χ0n) is 11.7. The van der Waals surface area contributed by atoms with Crippen LogP contribution in [0, 0.1) is 11.3 Å². The van der Waals surface area contributed by atoms with E-state index < -0.39 is 16.1 Å². The molecule has 17 heavy (non-hydrogen) atoms. The van der Waals surface area contributed by atoms with Crippen molar-refractivity contribution in [2.24, 2.45) is 11.3 Å². The van der Waals surface area contributed by atoms with Gasteiger partial charge in [0.1, 0.15) is 0 Å². The molecule has 0 heterocycles. The summed E-state index contributed by atoms with van der Waals surface area (Å²) < 4.78 is 25.9. The van der Waals surface area contributed by atoms with E-state index in [0.29, 0.717) is 0 Å². The highest BCUT2D eigenvalue weighted by Gasteiger charge is 2.23. The van der Waals surface area contributed by atoms with Crippen molar-refractivity contribution in [2.45, 2.75) is 53.6 Å². The maximum atomic E-state index is 11.7. The van der Waals surface area contributed by atoms with E-state index in [1.54, 1.807) is 0 Å². The third-order valence-electron chi connectivity index (χ3n) is 2.73. The van der Waals surface area contributed by atoms with Crippen LogP contribution < -0.4 is 4.72 Å². The highest BCUT2D eigenvalue weighted by molar-refractivity contribution is 7.89. The summed E-state index contributed by atoms with van der Waals surface area (Å²) in [5, 5.41) is 9.84. The fourth-order valence-electron chi connectivity index (χ4n) is 1.83. The first-order chi connectivity index (χ1) is 7.61. The highest BCUT2D eigenvalue weighted by Crippen LogP contribution is 2.16. The summed E-state index contributed by atoms with van der Waals surface area (Å²) in [4.78, 5) is 0. The van der Waals surface area contributed by atoms with Crippen LogP contribution in [0.3, 0.4) is 0 Å². The van der Waals surface area contributed by atoms with Crippen molar-refractivity contribution in [1.29, 1.82) is 0 Å². The molecule has 0 aromatic rings. The molecule has 4 nitrogen and oxygen atoms in total. The molecule has 0 fully saturated rings. The van der Waals surface area contributed by atoms with Gasteiger partial charge in [-0.15, -0.1) is 0 Å². The molecule has 2 N–H and O–H groups in total. The number of hydrogen-bond donors (Lipinski definition) is 2. The molecule has 0 spiro atoms. The minimum atomic E-state index is -3.29. The standard InChI is InChI=1S/C12H27NO3S/c1-6-10(7-2)11(14)8-13-17(15,16)9-12(3,4)5/h10-11,13-14H,6-9H2,1-5H3. The zero-order chi connectivity index (χ0) is 13.7. The highest BCUT2D eigenvalue weighted by atomic mass is 32.2. The Kier molecular flexibility index (Phi) is 6.66. The maximum Gasteiger partial charge on any atom is 0.212 e. The Labute approximate surface area is 106 Å². The van der Waals surface area contributed by atoms with E-state index >= 15 is 0 Å². The lowest BCUT2D eigenvalue weighted by atomic mass is 9.97. The molecule has 0 aliphatic rings. The van der Waals surface area contributed by atoms with E-state index in [0.717, 1.165) is 12.8 Å². The molecule has 0 saturated heterocycles. The molecule has 0 radical (unpaired) electrons. The summed E-state index contributed by atoms with van der Waals surface area (Å²) >= 11 is 0. The largest absolute Gasteiger partial charge is 0.391 e. The number of rotatable bonds is 7. The third kappa shape index (κ3) is 7.73. The molecule has 104 valence electrons. The first-order valence-corrected chi connectivity index (χ1v) is 7.92. The Morgan fingerprint density at radius 2 is 1.65 bits per heavy atom. The lowest BCUT2D eigenvalue weighted by Gasteiger charge is -2.22. The van der Waals surface area contributed by atoms with Crippen LogP contribution in [-0.2, 0) is 10.0 Å². The van der Waals surface area contributed by atoms with Gasteiger partial charge in [0.2, 0.25) is 10.0 Å². The van der Waals surface area contributed by atoms with Gasteiger partial charge in [0.05, 0.1) is 11.9 Å². The van der Waals surface area contributed by atoms with Crippen molar-refractivity contribution in [3.63, 3.8) is 0 Å². The Bertz CT molecular complexity index is 302. The number of hydrogen-bond acceptors (Lipinski definition) is 3. The van der Waals surface area contributed by atoms with E-state index in [1.165, 1.54) is 0 Å². The average molecular weight is 265 g/mol. The summed E-state index contributed by atoms with van der Waals surface area (Å²) in [5.74, 6) is 0.239.